The fourth-order valence-electron chi connectivity index (χ4n) is 3.28. The molecule has 2 amide bonds. The van der Waals surface area contributed by atoms with Gasteiger partial charge in [0.25, 0.3) is 5.56 Å². The third-order valence-corrected chi connectivity index (χ3v) is 4.74. The fraction of sp³-hybridized carbons (Fsp3) is 0.350. The first-order valence-electron chi connectivity index (χ1n) is 8.88. The molecular weight excluding hydrogens is 346 g/mol. The lowest BCUT2D eigenvalue weighted by atomic mass is 10.1. The molecule has 0 spiro atoms. The van der Waals surface area contributed by atoms with Crippen LogP contribution in [0.3, 0.4) is 0 Å². The van der Waals surface area contributed by atoms with Crippen LogP contribution in [0.2, 0.25) is 0 Å². The van der Waals surface area contributed by atoms with Gasteiger partial charge in [0.05, 0.1) is 13.0 Å². The molecule has 7 nitrogen and oxygen atoms in total. The van der Waals surface area contributed by atoms with Crippen LogP contribution in [0.5, 0.6) is 5.75 Å². The van der Waals surface area contributed by atoms with Crippen molar-refractivity contribution < 1.29 is 14.3 Å². The van der Waals surface area contributed by atoms with Crippen molar-refractivity contribution in [2.45, 2.75) is 19.9 Å². The third kappa shape index (κ3) is 4.19. The zero-order valence-electron chi connectivity index (χ0n) is 15.5. The molecule has 1 aliphatic heterocycles. The Morgan fingerprint density at radius 2 is 1.96 bits per heavy atom. The molecule has 1 atom stereocenters. The van der Waals surface area contributed by atoms with Crippen LogP contribution < -0.4 is 20.5 Å². The number of rotatable bonds is 6. The van der Waals surface area contributed by atoms with Crippen molar-refractivity contribution in [1.29, 1.82) is 0 Å². The van der Waals surface area contributed by atoms with Crippen LogP contribution in [0.1, 0.15) is 12.1 Å². The summed E-state index contributed by atoms with van der Waals surface area (Å²) in [5.41, 5.74) is 1.39. The number of pyridine rings is 1. The number of benzene rings is 1. The van der Waals surface area contributed by atoms with Gasteiger partial charge in [-0.3, -0.25) is 14.4 Å². The van der Waals surface area contributed by atoms with E-state index in [9.17, 15) is 14.4 Å². The van der Waals surface area contributed by atoms with Crippen LogP contribution in [-0.4, -0.2) is 36.6 Å². The molecular formula is C20H23N3O4. The van der Waals surface area contributed by atoms with E-state index in [2.05, 4.69) is 5.32 Å². The number of hydrogen-bond acceptors (Lipinski definition) is 4. The molecule has 142 valence electrons. The van der Waals surface area contributed by atoms with Gasteiger partial charge >= 0.3 is 0 Å². The number of nitrogens with one attached hydrogen (secondary N) is 1. The Morgan fingerprint density at radius 1 is 1.22 bits per heavy atom. The zero-order chi connectivity index (χ0) is 19.4. The average molecular weight is 369 g/mol. The molecule has 3 rings (SSSR count). The topological polar surface area (TPSA) is 80.6 Å². The van der Waals surface area contributed by atoms with Gasteiger partial charge in [0.1, 0.15) is 5.75 Å². The summed E-state index contributed by atoms with van der Waals surface area (Å²) >= 11 is 0. The molecule has 2 heterocycles. The Kier molecular flexibility index (Phi) is 5.59. The van der Waals surface area contributed by atoms with Crippen LogP contribution in [-0.2, 0) is 16.1 Å². The Morgan fingerprint density at radius 3 is 2.63 bits per heavy atom. The molecule has 0 radical (unpaired) electrons. The SMILES string of the molecule is COc1cc(C)n(CCNC(=O)C2CC(=O)N(c3ccccc3)C2)c(=O)c1. The third-order valence-electron chi connectivity index (χ3n) is 4.74. The smallest absolute Gasteiger partial charge is 0.254 e. The summed E-state index contributed by atoms with van der Waals surface area (Å²) in [6.45, 7) is 2.88. The molecule has 27 heavy (non-hydrogen) atoms. The molecule has 0 saturated carbocycles. The first kappa shape index (κ1) is 18.7. The van der Waals surface area contributed by atoms with E-state index >= 15 is 0 Å². The summed E-state index contributed by atoms with van der Waals surface area (Å²) in [6, 6.07) is 12.5. The average Bonchev–Trinajstić information content (AvgIpc) is 3.06. The summed E-state index contributed by atoms with van der Waals surface area (Å²) < 4.78 is 6.66. The number of ether oxygens (including phenoxy) is 1. The summed E-state index contributed by atoms with van der Waals surface area (Å²) in [5, 5.41) is 2.84. The largest absolute Gasteiger partial charge is 0.496 e. The monoisotopic (exact) mass is 369 g/mol. The maximum Gasteiger partial charge on any atom is 0.254 e. The van der Waals surface area contributed by atoms with E-state index in [1.54, 1.807) is 15.5 Å². The molecule has 0 bridgehead atoms. The fourth-order valence-corrected chi connectivity index (χ4v) is 3.28. The van der Waals surface area contributed by atoms with Gasteiger partial charge in [-0.1, -0.05) is 18.2 Å². The van der Waals surface area contributed by atoms with Crippen LogP contribution in [0, 0.1) is 12.8 Å². The summed E-state index contributed by atoms with van der Waals surface area (Å²) in [5.74, 6) is -0.0841. The Hall–Kier alpha value is -3.09. The van der Waals surface area contributed by atoms with Gasteiger partial charge in [-0.2, -0.15) is 0 Å². The first-order valence-corrected chi connectivity index (χ1v) is 8.88. The number of anilines is 1. The number of nitrogens with zero attached hydrogens (tertiary/aromatic N) is 2. The predicted octanol–water partition coefficient (Wildman–Crippen LogP) is 1.33. The van der Waals surface area contributed by atoms with Crippen LogP contribution in [0.15, 0.2) is 47.3 Å². The number of carbonyl (C=O) groups excluding carboxylic acids is 2. The first-order chi connectivity index (χ1) is 13.0. The van der Waals surface area contributed by atoms with Crippen molar-refractivity contribution in [2.24, 2.45) is 5.92 Å². The Labute approximate surface area is 157 Å². The van der Waals surface area contributed by atoms with E-state index in [1.165, 1.54) is 13.2 Å². The minimum atomic E-state index is -0.383. The van der Waals surface area contributed by atoms with E-state index in [4.69, 9.17) is 4.74 Å². The van der Waals surface area contributed by atoms with E-state index in [1.807, 2.05) is 37.3 Å². The van der Waals surface area contributed by atoms with Crippen molar-refractivity contribution >= 4 is 17.5 Å². The van der Waals surface area contributed by atoms with Gasteiger partial charge in [-0.25, -0.2) is 0 Å². The van der Waals surface area contributed by atoms with Crippen molar-refractivity contribution in [3.63, 3.8) is 0 Å². The quantitative estimate of drug-likeness (QED) is 0.833. The molecule has 1 aliphatic rings. The lowest BCUT2D eigenvalue weighted by Crippen LogP contribution is -2.36. The molecule has 1 aromatic heterocycles. The molecule has 1 aromatic carbocycles. The highest BCUT2D eigenvalue weighted by atomic mass is 16.5. The molecule has 1 saturated heterocycles. The summed E-state index contributed by atoms with van der Waals surface area (Å²) in [4.78, 5) is 38.4. The van der Waals surface area contributed by atoms with E-state index < -0.39 is 0 Å². The van der Waals surface area contributed by atoms with Gasteiger partial charge in [0, 0.05) is 43.5 Å². The maximum absolute atomic E-state index is 12.4. The zero-order valence-corrected chi connectivity index (χ0v) is 15.5. The second-order valence-corrected chi connectivity index (χ2v) is 6.56. The van der Waals surface area contributed by atoms with Crippen LogP contribution in [0.4, 0.5) is 5.69 Å². The molecule has 1 unspecified atom stereocenters. The minimum Gasteiger partial charge on any atom is -0.496 e. The number of carbonyl (C=O) groups is 2. The van der Waals surface area contributed by atoms with Gasteiger partial charge < -0.3 is 19.5 Å². The Bertz CT molecular complexity index is 892. The van der Waals surface area contributed by atoms with Gasteiger partial charge in [0.2, 0.25) is 11.8 Å². The minimum absolute atomic E-state index is 0.0523. The number of amides is 2. The standard InChI is InChI=1S/C20H23N3O4/c1-14-10-17(27-2)12-19(25)22(14)9-8-21-20(26)15-11-18(24)23(13-15)16-6-4-3-5-7-16/h3-7,10,12,15H,8-9,11,13H2,1-2H3,(H,21,26). The summed E-state index contributed by atoms with van der Waals surface area (Å²) in [6.07, 6.45) is 0.197. The Balaban J connectivity index is 1.56. The molecule has 0 aliphatic carbocycles. The predicted molar refractivity (Wildman–Crippen MR) is 102 cm³/mol. The van der Waals surface area contributed by atoms with Crippen LogP contribution in [0.25, 0.3) is 0 Å². The molecule has 2 aromatic rings. The molecule has 1 N–H and O–H groups in total. The number of aromatic nitrogens is 1. The lowest BCUT2D eigenvalue weighted by Gasteiger charge is -2.17. The van der Waals surface area contributed by atoms with Crippen molar-refractivity contribution in [3.05, 3.63) is 58.5 Å². The highest BCUT2D eigenvalue weighted by molar-refractivity contribution is 6.00. The number of methoxy groups -OCH3 is 1. The summed E-state index contributed by atoms with van der Waals surface area (Å²) in [7, 11) is 1.51. The van der Waals surface area contributed by atoms with Gasteiger partial charge in [0.15, 0.2) is 0 Å². The van der Waals surface area contributed by atoms with Gasteiger partial charge in [-0.15, -0.1) is 0 Å². The lowest BCUT2D eigenvalue weighted by molar-refractivity contribution is -0.126. The maximum atomic E-state index is 12.4. The highest BCUT2D eigenvalue weighted by Crippen LogP contribution is 2.24. The molecule has 1 fully saturated rings. The van der Waals surface area contributed by atoms with Crippen molar-refractivity contribution in [3.8, 4) is 5.75 Å². The number of aryl methyl sites for hydroxylation is 1. The second-order valence-electron chi connectivity index (χ2n) is 6.56. The van der Waals surface area contributed by atoms with E-state index in [0.29, 0.717) is 25.4 Å². The van der Waals surface area contributed by atoms with E-state index in [-0.39, 0.29) is 29.7 Å². The number of para-hydroxylation sites is 1. The van der Waals surface area contributed by atoms with Crippen LogP contribution >= 0.6 is 0 Å². The van der Waals surface area contributed by atoms with E-state index in [0.717, 1.165) is 11.4 Å². The molecule has 7 heteroatoms. The van der Waals surface area contributed by atoms with Gasteiger partial charge in [-0.05, 0) is 25.1 Å². The van der Waals surface area contributed by atoms with Crippen molar-refractivity contribution in [1.82, 2.24) is 9.88 Å². The normalized spacial score (nSPS) is 16.4. The highest BCUT2D eigenvalue weighted by Gasteiger charge is 2.34. The number of hydrogen-bond donors (Lipinski definition) is 1. The van der Waals surface area contributed by atoms with Crippen molar-refractivity contribution in [2.75, 3.05) is 25.1 Å². The second kappa shape index (κ2) is 8.07.